The summed E-state index contributed by atoms with van der Waals surface area (Å²) in [6.45, 7) is 1.88. The number of piperidine rings is 1. The number of hydrogen-bond donors (Lipinski definition) is 1. The molecule has 1 aliphatic heterocycles. The van der Waals surface area contributed by atoms with Crippen LogP contribution in [0.15, 0.2) is 24.3 Å². The van der Waals surface area contributed by atoms with E-state index < -0.39 is 5.92 Å². The first-order chi connectivity index (χ1) is 8.55. The summed E-state index contributed by atoms with van der Waals surface area (Å²) in [6.07, 6.45) is 1.88. The molecule has 1 N–H and O–H groups in total. The number of benzene rings is 1. The van der Waals surface area contributed by atoms with Gasteiger partial charge in [0, 0.05) is 25.9 Å². The van der Waals surface area contributed by atoms with Crippen molar-refractivity contribution in [3.05, 3.63) is 29.8 Å². The first kappa shape index (κ1) is 13.3. The van der Waals surface area contributed by atoms with Crippen molar-refractivity contribution in [2.24, 2.45) is 0 Å². The normalized spacial score (nSPS) is 19.9. The van der Waals surface area contributed by atoms with Gasteiger partial charge in [-0.15, -0.1) is 0 Å². The monoisotopic (exact) mass is 255 g/mol. The van der Waals surface area contributed by atoms with Crippen molar-refractivity contribution in [3.8, 4) is 5.75 Å². The highest BCUT2D eigenvalue weighted by Gasteiger charge is 2.33. The van der Waals surface area contributed by atoms with Gasteiger partial charge >= 0.3 is 0 Å². The second-order valence-electron chi connectivity index (χ2n) is 4.97. The van der Waals surface area contributed by atoms with Crippen molar-refractivity contribution >= 4 is 0 Å². The summed E-state index contributed by atoms with van der Waals surface area (Å²) in [4.78, 5) is 2.11. The molecule has 1 aromatic carbocycles. The van der Waals surface area contributed by atoms with Crippen LogP contribution in [0.5, 0.6) is 5.75 Å². The molecule has 0 radical (unpaired) electrons. The fourth-order valence-electron chi connectivity index (χ4n) is 2.27. The maximum absolute atomic E-state index is 13.0. The Kier molecular flexibility index (Phi) is 4.17. The first-order valence-corrected chi connectivity index (χ1v) is 6.43. The third kappa shape index (κ3) is 3.95. The summed E-state index contributed by atoms with van der Waals surface area (Å²) in [7, 11) is 0. The van der Waals surface area contributed by atoms with Crippen molar-refractivity contribution in [2.45, 2.75) is 31.6 Å². The van der Waals surface area contributed by atoms with Gasteiger partial charge in [0.05, 0.1) is 0 Å². The topological polar surface area (TPSA) is 23.5 Å². The number of aryl methyl sites for hydroxylation is 1. The molecule has 1 aromatic rings. The third-order valence-electron chi connectivity index (χ3n) is 3.46. The van der Waals surface area contributed by atoms with Gasteiger partial charge in [0.25, 0.3) is 5.92 Å². The molecule has 0 unspecified atom stereocenters. The number of alkyl halides is 2. The predicted molar refractivity (Wildman–Crippen MR) is 67.0 cm³/mol. The van der Waals surface area contributed by atoms with Crippen LogP contribution in [0.3, 0.4) is 0 Å². The molecular weight excluding hydrogens is 236 g/mol. The largest absolute Gasteiger partial charge is 0.508 e. The Bertz CT molecular complexity index is 368. The van der Waals surface area contributed by atoms with E-state index >= 15 is 0 Å². The average molecular weight is 255 g/mol. The van der Waals surface area contributed by atoms with Crippen LogP contribution in [0.2, 0.25) is 0 Å². The second kappa shape index (κ2) is 5.65. The average Bonchev–Trinajstić information content (AvgIpc) is 2.34. The molecule has 2 nitrogen and oxygen atoms in total. The van der Waals surface area contributed by atoms with Crippen molar-refractivity contribution in [1.29, 1.82) is 0 Å². The van der Waals surface area contributed by atoms with E-state index in [9.17, 15) is 8.78 Å². The van der Waals surface area contributed by atoms with Crippen LogP contribution >= 0.6 is 0 Å². The molecule has 100 valence electrons. The molecule has 1 heterocycles. The molecule has 1 aliphatic rings. The van der Waals surface area contributed by atoms with Crippen LogP contribution in [-0.2, 0) is 6.42 Å². The zero-order valence-corrected chi connectivity index (χ0v) is 10.4. The fraction of sp³-hybridized carbons (Fsp3) is 0.571. The van der Waals surface area contributed by atoms with Gasteiger partial charge in [-0.3, -0.25) is 0 Å². The van der Waals surface area contributed by atoms with Crippen molar-refractivity contribution < 1.29 is 13.9 Å². The van der Waals surface area contributed by atoms with Crippen LogP contribution in [0.1, 0.15) is 24.8 Å². The number of hydrogen-bond acceptors (Lipinski definition) is 2. The molecule has 0 aliphatic carbocycles. The van der Waals surface area contributed by atoms with Gasteiger partial charge < -0.3 is 10.0 Å². The van der Waals surface area contributed by atoms with E-state index in [-0.39, 0.29) is 18.6 Å². The standard InChI is InChI=1S/C14H19F2NO/c15-14(16)7-10-17(11-8-14)9-1-2-12-3-5-13(18)6-4-12/h3-6,18H,1-2,7-11H2. The SMILES string of the molecule is Oc1ccc(CCCN2CCC(F)(F)CC2)cc1. The molecular formula is C14H19F2NO. The summed E-state index contributed by atoms with van der Waals surface area (Å²) >= 11 is 0. The van der Waals surface area contributed by atoms with Crippen LogP contribution in [0.25, 0.3) is 0 Å². The van der Waals surface area contributed by atoms with Gasteiger partial charge in [0.15, 0.2) is 0 Å². The molecule has 0 atom stereocenters. The van der Waals surface area contributed by atoms with Crippen molar-refractivity contribution in [1.82, 2.24) is 4.90 Å². The Labute approximate surface area is 106 Å². The number of likely N-dealkylation sites (tertiary alicyclic amines) is 1. The van der Waals surface area contributed by atoms with Gasteiger partial charge in [0.2, 0.25) is 0 Å². The highest BCUT2D eigenvalue weighted by molar-refractivity contribution is 5.25. The summed E-state index contributed by atoms with van der Waals surface area (Å²) in [5, 5.41) is 9.16. The van der Waals surface area contributed by atoms with Crippen LogP contribution in [0, 0.1) is 0 Å². The smallest absolute Gasteiger partial charge is 0.250 e. The van der Waals surface area contributed by atoms with E-state index in [1.54, 1.807) is 12.1 Å². The van der Waals surface area contributed by atoms with E-state index in [0.717, 1.165) is 19.4 Å². The lowest BCUT2D eigenvalue weighted by molar-refractivity contribution is -0.0551. The van der Waals surface area contributed by atoms with Crippen molar-refractivity contribution in [2.75, 3.05) is 19.6 Å². The molecule has 18 heavy (non-hydrogen) atoms. The van der Waals surface area contributed by atoms with E-state index in [4.69, 9.17) is 5.11 Å². The summed E-state index contributed by atoms with van der Waals surface area (Å²) < 4.78 is 25.9. The number of halogens is 2. The molecule has 4 heteroatoms. The van der Waals surface area contributed by atoms with Gasteiger partial charge in [-0.2, -0.15) is 0 Å². The van der Waals surface area contributed by atoms with Gasteiger partial charge in [-0.1, -0.05) is 12.1 Å². The summed E-state index contributed by atoms with van der Waals surface area (Å²) in [5.41, 5.74) is 1.18. The van der Waals surface area contributed by atoms with Crippen LogP contribution in [-0.4, -0.2) is 35.6 Å². The van der Waals surface area contributed by atoms with Crippen molar-refractivity contribution in [3.63, 3.8) is 0 Å². The van der Waals surface area contributed by atoms with Gasteiger partial charge in [-0.25, -0.2) is 8.78 Å². The molecule has 2 rings (SSSR count). The summed E-state index contributed by atoms with van der Waals surface area (Å²) in [5.74, 6) is -2.18. The van der Waals surface area contributed by atoms with E-state index in [1.807, 2.05) is 12.1 Å². The molecule has 1 saturated heterocycles. The second-order valence-corrected chi connectivity index (χ2v) is 4.97. The van der Waals surface area contributed by atoms with E-state index in [1.165, 1.54) is 5.56 Å². The number of phenols is 1. The van der Waals surface area contributed by atoms with Crippen LogP contribution < -0.4 is 0 Å². The van der Waals surface area contributed by atoms with E-state index in [2.05, 4.69) is 4.90 Å². The van der Waals surface area contributed by atoms with Gasteiger partial charge in [-0.05, 0) is 37.1 Å². The number of phenolic OH excluding ortho intramolecular Hbond substituents is 1. The molecule has 1 fully saturated rings. The summed E-state index contributed by atoms with van der Waals surface area (Å²) in [6, 6.07) is 7.16. The maximum atomic E-state index is 13.0. The molecule has 0 amide bonds. The molecule has 0 bridgehead atoms. The maximum Gasteiger partial charge on any atom is 0.250 e. The molecule has 0 saturated carbocycles. The number of aromatic hydroxyl groups is 1. The Morgan fingerprint density at radius 3 is 2.33 bits per heavy atom. The minimum Gasteiger partial charge on any atom is -0.508 e. The lowest BCUT2D eigenvalue weighted by atomic mass is 10.1. The Morgan fingerprint density at radius 2 is 1.72 bits per heavy atom. The zero-order valence-electron chi connectivity index (χ0n) is 10.4. The molecule has 0 aromatic heterocycles. The Balaban J connectivity index is 1.68. The third-order valence-corrected chi connectivity index (χ3v) is 3.46. The number of nitrogens with zero attached hydrogens (tertiary/aromatic N) is 1. The molecule has 0 spiro atoms. The first-order valence-electron chi connectivity index (χ1n) is 6.43. The fourth-order valence-corrected chi connectivity index (χ4v) is 2.27. The highest BCUT2D eigenvalue weighted by Crippen LogP contribution is 2.27. The van der Waals surface area contributed by atoms with Gasteiger partial charge in [0.1, 0.15) is 5.75 Å². The van der Waals surface area contributed by atoms with Crippen LogP contribution in [0.4, 0.5) is 8.78 Å². The Morgan fingerprint density at radius 1 is 1.11 bits per heavy atom. The minimum atomic E-state index is -2.45. The predicted octanol–water partition coefficient (Wildman–Crippen LogP) is 3.06. The lowest BCUT2D eigenvalue weighted by Gasteiger charge is -2.31. The highest BCUT2D eigenvalue weighted by atomic mass is 19.3. The zero-order chi connectivity index (χ0) is 13.0. The minimum absolute atomic E-state index is 0.00773. The lowest BCUT2D eigenvalue weighted by Crippen LogP contribution is -2.39. The van der Waals surface area contributed by atoms with E-state index in [0.29, 0.717) is 13.1 Å². The quantitative estimate of drug-likeness (QED) is 0.893. The number of rotatable bonds is 4. The Hall–Kier alpha value is -1.16.